The van der Waals surface area contributed by atoms with E-state index in [1.54, 1.807) is 12.1 Å². The standard InChI is InChI=1S/C14H20ClN3O/c15-11-6-8-13(9-7-11)19-10-14(18-16)17-12-4-2-1-3-5-12/h6-9,12H,1-5,10,16H2,(H,17,18). The number of aliphatic imine (C=N–C) groups is 1. The summed E-state index contributed by atoms with van der Waals surface area (Å²) in [5, 5.41) is 0.695. The van der Waals surface area contributed by atoms with E-state index in [4.69, 9.17) is 22.2 Å². The lowest BCUT2D eigenvalue weighted by Crippen LogP contribution is -2.36. The number of amidine groups is 1. The predicted octanol–water partition coefficient (Wildman–Crippen LogP) is 2.91. The molecule has 0 spiro atoms. The van der Waals surface area contributed by atoms with Crippen LogP contribution in [0.2, 0.25) is 5.02 Å². The summed E-state index contributed by atoms with van der Waals surface area (Å²) >= 11 is 5.82. The van der Waals surface area contributed by atoms with Crippen LogP contribution < -0.4 is 16.0 Å². The van der Waals surface area contributed by atoms with Crippen LogP contribution in [0.3, 0.4) is 0 Å². The van der Waals surface area contributed by atoms with Crippen LogP contribution >= 0.6 is 11.6 Å². The highest BCUT2D eigenvalue weighted by atomic mass is 35.5. The fourth-order valence-electron chi connectivity index (χ4n) is 2.23. The molecule has 1 saturated carbocycles. The molecule has 1 aliphatic rings. The van der Waals surface area contributed by atoms with Crippen molar-refractivity contribution in [1.82, 2.24) is 5.43 Å². The van der Waals surface area contributed by atoms with Gasteiger partial charge in [-0.1, -0.05) is 30.9 Å². The molecule has 1 aromatic carbocycles. The number of nitrogens with zero attached hydrogens (tertiary/aromatic N) is 1. The highest BCUT2D eigenvalue weighted by molar-refractivity contribution is 6.30. The molecule has 0 aromatic heterocycles. The van der Waals surface area contributed by atoms with E-state index in [2.05, 4.69) is 10.4 Å². The Bertz CT molecular complexity index is 413. The third-order valence-corrected chi connectivity index (χ3v) is 3.52. The van der Waals surface area contributed by atoms with E-state index in [1.807, 2.05) is 12.1 Å². The molecule has 0 unspecified atom stereocenters. The molecule has 0 aliphatic heterocycles. The fraction of sp³-hybridized carbons (Fsp3) is 0.500. The van der Waals surface area contributed by atoms with E-state index >= 15 is 0 Å². The van der Waals surface area contributed by atoms with Gasteiger partial charge < -0.3 is 10.2 Å². The number of benzene rings is 1. The molecule has 0 radical (unpaired) electrons. The molecule has 0 saturated heterocycles. The molecule has 19 heavy (non-hydrogen) atoms. The summed E-state index contributed by atoms with van der Waals surface area (Å²) in [5.74, 6) is 6.95. The average molecular weight is 282 g/mol. The van der Waals surface area contributed by atoms with Gasteiger partial charge in [0.2, 0.25) is 0 Å². The summed E-state index contributed by atoms with van der Waals surface area (Å²) in [7, 11) is 0. The second-order valence-corrected chi connectivity index (χ2v) is 5.19. The number of nitrogens with one attached hydrogen (secondary N) is 1. The number of ether oxygens (including phenoxy) is 1. The van der Waals surface area contributed by atoms with Gasteiger partial charge in [-0.05, 0) is 37.1 Å². The van der Waals surface area contributed by atoms with Crippen molar-refractivity contribution in [3.63, 3.8) is 0 Å². The number of hydrogen-bond acceptors (Lipinski definition) is 3. The van der Waals surface area contributed by atoms with Gasteiger partial charge in [0.1, 0.15) is 18.2 Å². The minimum Gasteiger partial charge on any atom is -0.486 e. The number of hydrazine groups is 1. The van der Waals surface area contributed by atoms with Crippen molar-refractivity contribution in [2.75, 3.05) is 6.61 Å². The Labute approximate surface area is 119 Å². The minimum absolute atomic E-state index is 0.356. The van der Waals surface area contributed by atoms with E-state index in [0.717, 1.165) is 18.6 Å². The van der Waals surface area contributed by atoms with Gasteiger partial charge in [0.05, 0.1) is 6.04 Å². The summed E-state index contributed by atoms with van der Waals surface area (Å²) in [5.41, 5.74) is 2.63. The third kappa shape index (κ3) is 4.73. The van der Waals surface area contributed by atoms with Crippen molar-refractivity contribution in [3.8, 4) is 5.75 Å². The Balaban J connectivity index is 1.87. The first-order chi connectivity index (χ1) is 9.28. The second kappa shape index (κ2) is 7.36. The summed E-state index contributed by atoms with van der Waals surface area (Å²) in [6.07, 6.45) is 6.12. The molecular formula is C14H20ClN3O. The van der Waals surface area contributed by atoms with E-state index in [0.29, 0.717) is 23.5 Å². The number of hydrogen-bond donors (Lipinski definition) is 2. The van der Waals surface area contributed by atoms with E-state index in [-0.39, 0.29) is 0 Å². The van der Waals surface area contributed by atoms with Crippen molar-refractivity contribution >= 4 is 17.4 Å². The number of rotatable bonds is 4. The second-order valence-electron chi connectivity index (χ2n) is 4.75. The molecule has 1 aliphatic carbocycles. The van der Waals surface area contributed by atoms with Gasteiger partial charge in [-0.25, -0.2) is 5.84 Å². The highest BCUT2D eigenvalue weighted by Crippen LogP contribution is 2.20. The van der Waals surface area contributed by atoms with Crippen LogP contribution in [0.1, 0.15) is 32.1 Å². The largest absolute Gasteiger partial charge is 0.486 e. The zero-order valence-electron chi connectivity index (χ0n) is 10.9. The minimum atomic E-state index is 0.356. The molecule has 0 bridgehead atoms. The first kappa shape index (κ1) is 14.2. The molecule has 3 N–H and O–H groups in total. The fourth-order valence-corrected chi connectivity index (χ4v) is 2.36. The van der Waals surface area contributed by atoms with Crippen molar-refractivity contribution < 1.29 is 4.74 Å². The lowest BCUT2D eigenvalue weighted by atomic mass is 9.96. The number of halogens is 1. The molecule has 1 fully saturated rings. The molecule has 4 nitrogen and oxygen atoms in total. The molecule has 0 amide bonds. The summed E-state index contributed by atoms with van der Waals surface area (Å²) in [4.78, 5) is 4.62. The quantitative estimate of drug-likeness (QED) is 0.386. The highest BCUT2D eigenvalue weighted by Gasteiger charge is 2.13. The summed E-state index contributed by atoms with van der Waals surface area (Å²) in [6.45, 7) is 0.356. The topological polar surface area (TPSA) is 59.6 Å². The first-order valence-electron chi connectivity index (χ1n) is 6.69. The van der Waals surface area contributed by atoms with Crippen LogP contribution in [-0.4, -0.2) is 18.5 Å². The van der Waals surface area contributed by atoms with E-state index in [1.165, 1.54) is 19.3 Å². The Hall–Kier alpha value is -1.26. The monoisotopic (exact) mass is 281 g/mol. The van der Waals surface area contributed by atoms with Crippen LogP contribution in [0, 0.1) is 0 Å². The van der Waals surface area contributed by atoms with Crippen LogP contribution in [0.15, 0.2) is 29.3 Å². The van der Waals surface area contributed by atoms with Crippen molar-refractivity contribution in [2.24, 2.45) is 10.8 Å². The maximum absolute atomic E-state index is 5.82. The van der Waals surface area contributed by atoms with Crippen molar-refractivity contribution in [2.45, 2.75) is 38.1 Å². The van der Waals surface area contributed by atoms with Gasteiger partial charge in [-0.2, -0.15) is 0 Å². The Morgan fingerprint density at radius 2 is 1.95 bits per heavy atom. The van der Waals surface area contributed by atoms with Crippen LogP contribution in [0.4, 0.5) is 0 Å². The van der Waals surface area contributed by atoms with Gasteiger partial charge >= 0.3 is 0 Å². The van der Waals surface area contributed by atoms with Crippen molar-refractivity contribution in [1.29, 1.82) is 0 Å². The molecule has 104 valence electrons. The smallest absolute Gasteiger partial charge is 0.149 e. The molecule has 5 heteroatoms. The van der Waals surface area contributed by atoms with Crippen LogP contribution in [-0.2, 0) is 0 Å². The Kier molecular flexibility index (Phi) is 5.48. The Morgan fingerprint density at radius 1 is 1.26 bits per heavy atom. The summed E-state index contributed by atoms with van der Waals surface area (Å²) in [6, 6.07) is 7.64. The maximum atomic E-state index is 5.82. The maximum Gasteiger partial charge on any atom is 0.149 e. The summed E-state index contributed by atoms with van der Waals surface area (Å²) < 4.78 is 5.62. The molecule has 0 heterocycles. The van der Waals surface area contributed by atoms with Gasteiger partial charge in [0, 0.05) is 5.02 Å². The SMILES string of the molecule is NNC(COc1ccc(Cl)cc1)=NC1CCCCC1. The Morgan fingerprint density at radius 3 is 2.58 bits per heavy atom. The zero-order valence-corrected chi connectivity index (χ0v) is 11.7. The van der Waals surface area contributed by atoms with Gasteiger partial charge in [0.15, 0.2) is 0 Å². The molecule has 1 aromatic rings. The van der Waals surface area contributed by atoms with Crippen LogP contribution in [0.25, 0.3) is 0 Å². The molecular weight excluding hydrogens is 262 g/mol. The lowest BCUT2D eigenvalue weighted by Gasteiger charge is -2.19. The molecule has 2 rings (SSSR count). The lowest BCUT2D eigenvalue weighted by molar-refractivity contribution is 0.368. The van der Waals surface area contributed by atoms with E-state index < -0.39 is 0 Å². The predicted molar refractivity (Wildman–Crippen MR) is 78.6 cm³/mol. The third-order valence-electron chi connectivity index (χ3n) is 3.27. The van der Waals surface area contributed by atoms with Crippen LogP contribution in [0.5, 0.6) is 5.75 Å². The molecule has 0 atom stereocenters. The van der Waals surface area contributed by atoms with Gasteiger partial charge in [-0.3, -0.25) is 4.99 Å². The van der Waals surface area contributed by atoms with Gasteiger partial charge in [-0.15, -0.1) is 0 Å². The van der Waals surface area contributed by atoms with E-state index in [9.17, 15) is 0 Å². The first-order valence-corrected chi connectivity index (χ1v) is 7.07. The van der Waals surface area contributed by atoms with Gasteiger partial charge in [0.25, 0.3) is 0 Å². The number of nitrogens with two attached hydrogens (primary N) is 1. The average Bonchev–Trinajstić information content (AvgIpc) is 2.46. The van der Waals surface area contributed by atoms with Crippen molar-refractivity contribution in [3.05, 3.63) is 29.3 Å². The zero-order chi connectivity index (χ0) is 13.5. The normalized spacial score (nSPS) is 17.3.